The second kappa shape index (κ2) is 8.03. The van der Waals surface area contributed by atoms with E-state index in [2.05, 4.69) is 37.3 Å². The van der Waals surface area contributed by atoms with Crippen LogP contribution in [0.3, 0.4) is 0 Å². The average molecular weight is 384 g/mol. The number of hydrogen-bond acceptors (Lipinski definition) is 1. The molecule has 2 aromatic carbocycles. The first-order chi connectivity index (χ1) is 8.27. The van der Waals surface area contributed by atoms with Crippen molar-refractivity contribution >= 4 is 6.08 Å². The summed E-state index contributed by atoms with van der Waals surface area (Å²) in [7, 11) is 0. The van der Waals surface area contributed by atoms with E-state index >= 15 is 0 Å². The van der Waals surface area contributed by atoms with Gasteiger partial charge in [-0.3, -0.25) is 0 Å². The van der Waals surface area contributed by atoms with E-state index in [-0.39, 0.29) is 56.9 Å². The van der Waals surface area contributed by atoms with Crippen LogP contribution in [0, 0.1) is 0 Å². The molecule has 1 N–H and O–H groups in total. The molecule has 0 amide bonds. The van der Waals surface area contributed by atoms with Crippen LogP contribution in [0.5, 0.6) is 5.75 Å². The number of benzene rings is 2. The molecule has 0 aliphatic heterocycles. The molecule has 0 fully saturated rings. The topological polar surface area (TPSA) is 20.2 Å². The number of rotatable bonds is 1. The van der Waals surface area contributed by atoms with Crippen LogP contribution in [-0.2, 0) is 26.2 Å². The van der Waals surface area contributed by atoms with Gasteiger partial charge < -0.3 is 29.9 Å². The van der Waals surface area contributed by atoms with Crippen molar-refractivity contribution in [3.8, 4) is 5.75 Å². The third-order valence-corrected chi connectivity index (χ3v) is 3.39. The zero-order valence-corrected chi connectivity index (χ0v) is 14.9. The van der Waals surface area contributed by atoms with Crippen molar-refractivity contribution in [3.63, 3.8) is 0 Å². The van der Waals surface area contributed by atoms with E-state index in [9.17, 15) is 5.11 Å². The zero-order chi connectivity index (χ0) is 11.8. The van der Waals surface area contributed by atoms with Gasteiger partial charge >= 0.3 is 26.2 Å². The van der Waals surface area contributed by atoms with Gasteiger partial charge in [0.15, 0.2) is 0 Å². The number of fused-ring (bicyclic) bond motifs is 1. The standard InChI is InChI=1S/C16H14O.2ClH.Zr/c1-11-10-12-6-2-3-7-13(12)16(11)14-8-4-5-9-15(14)17;;;/h2-10,16-17H,1H3;2*1H;/q;;;+2/p-2. The summed E-state index contributed by atoms with van der Waals surface area (Å²) < 4.78 is 0. The van der Waals surface area contributed by atoms with Gasteiger partial charge in [-0.1, -0.05) is 54.1 Å². The summed E-state index contributed by atoms with van der Waals surface area (Å²) in [6, 6.07) is 16.0. The summed E-state index contributed by atoms with van der Waals surface area (Å²) in [4.78, 5) is 0. The van der Waals surface area contributed by atoms with Gasteiger partial charge in [-0.25, -0.2) is 0 Å². The minimum atomic E-state index is 0. The molecule has 1 nitrogen and oxygen atoms in total. The average Bonchev–Trinajstić information content (AvgIpc) is 2.66. The Morgan fingerprint density at radius 3 is 2.05 bits per heavy atom. The first-order valence-electron chi connectivity index (χ1n) is 5.82. The van der Waals surface area contributed by atoms with E-state index in [4.69, 9.17) is 0 Å². The second-order valence-electron chi connectivity index (χ2n) is 4.51. The van der Waals surface area contributed by atoms with Crippen molar-refractivity contribution in [2.24, 2.45) is 0 Å². The largest absolute Gasteiger partial charge is 2.00 e. The monoisotopic (exact) mass is 382 g/mol. The van der Waals surface area contributed by atoms with Crippen molar-refractivity contribution < 1.29 is 56.1 Å². The van der Waals surface area contributed by atoms with E-state index < -0.39 is 0 Å². The van der Waals surface area contributed by atoms with Crippen molar-refractivity contribution in [3.05, 3.63) is 70.8 Å². The van der Waals surface area contributed by atoms with E-state index in [1.54, 1.807) is 6.07 Å². The maximum Gasteiger partial charge on any atom is 2.00 e. The molecule has 102 valence electrons. The summed E-state index contributed by atoms with van der Waals surface area (Å²) in [5.74, 6) is 0.578. The van der Waals surface area contributed by atoms with Crippen molar-refractivity contribution in [1.29, 1.82) is 0 Å². The van der Waals surface area contributed by atoms with Crippen molar-refractivity contribution in [2.45, 2.75) is 12.8 Å². The molecule has 0 saturated heterocycles. The van der Waals surface area contributed by atoms with Crippen LogP contribution in [0.2, 0.25) is 0 Å². The normalized spacial score (nSPS) is 15.1. The van der Waals surface area contributed by atoms with Crippen LogP contribution in [0.1, 0.15) is 29.5 Å². The Morgan fingerprint density at radius 1 is 0.850 bits per heavy atom. The third-order valence-electron chi connectivity index (χ3n) is 3.39. The Hall–Kier alpha value is -0.557. The van der Waals surface area contributed by atoms with Gasteiger partial charge in [-0.2, -0.15) is 0 Å². The molecule has 1 aliphatic carbocycles. The molecule has 1 aliphatic rings. The van der Waals surface area contributed by atoms with E-state index in [0.29, 0.717) is 5.75 Å². The number of phenols is 1. The summed E-state index contributed by atoms with van der Waals surface area (Å²) in [5, 5.41) is 9.99. The van der Waals surface area contributed by atoms with Gasteiger partial charge in [-0.05, 0) is 24.1 Å². The van der Waals surface area contributed by atoms with Gasteiger partial charge in [0.05, 0.1) is 0 Å². The number of para-hydroxylation sites is 1. The molecular weight excluding hydrogens is 370 g/mol. The zero-order valence-electron chi connectivity index (χ0n) is 11.0. The Bertz CT molecular complexity index is 611. The van der Waals surface area contributed by atoms with Crippen LogP contribution in [0.4, 0.5) is 0 Å². The fraction of sp³-hybridized carbons (Fsp3) is 0.125. The first-order valence-corrected chi connectivity index (χ1v) is 5.82. The minimum absolute atomic E-state index is 0. The molecule has 0 saturated carbocycles. The van der Waals surface area contributed by atoms with E-state index in [1.165, 1.54) is 16.7 Å². The van der Waals surface area contributed by atoms with Gasteiger partial charge in [0.1, 0.15) is 5.75 Å². The van der Waals surface area contributed by atoms with Crippen LogP contribution >= 0.6 is 0 Å². The fourth-order valence-corrected chi connectivity index (χ4v) is 2.62. The molecular formula is C16H14Cl2OZr. The number of aromatic hydroxyl groups is 1. The number of phenolic OH excluding ortho intramolecular Hbond substituents is 1. The summed E-state index contributed by atoms with van der Waals surface area (Å²) in [6.45, 7) is 2.12. The molecule has 1 atom stereocenters. The predicted octanol–water partition coefficient (Wildman–Crippen LogP) is -2.05. The summed E-state index contributed by atoms with van der Waals surface area (Å²) >= 11 is 0. The predicted molar refractivity (Wildman–Crippen MR) is 70.0 cm³/mol. The molecule has 0 radical (unpaired) electrons. The molecule has 1 unspecified atom stereocenters. The van der Waals surface area contributed by atoms with Crippen molar-refractivity contribution in [1.82, 2.24) is 0 Å². The Labute approximate surface area is 151 Å². The van der Waals surface area contributed by atoms with Gasteiger partial charge in [0, 0.05) is 11.5 Å². The Kier molecular flexibility index (Phi) is 7.80. The van der Waals surface area contributed by atoms with Crippen molar-refractivity contribution in [2.75, 3.05) is 0 Å². The van der Waals surface area contributed by atoms with E-state index in [0.717, 1.165) is 5.56 Å². The Morgan fingerprint density at radius 2 is 1.40 bits per heavy atom. The maximum absolute atomic E-state index is 9.99. The molecule has 0 aromatic heterocycles. The minimum Gasteiger partial charge on any atom is -1.00 e. The number of hydrogen-bond donors (Lipinski definition) is 1. The number of allylic oxidation sites excluding steroid dienone is 1. The smallest absolute Gasteiger partial charge is 1.00 e. The SMILES string of the molecule is CC1=Cc2ccccc2C1c1ccccc1O.[Cl-].[Cl-].[Zr+2]. The number of halogens is 2. The van der Waals surface area contributed by atoms with Gasteiger partial charge in [0.25, 0.3) is 0 Å². The van der Waals surface area contributed by atoms with Crippen LogP contribution < -0.4 is 24.8 Å². The fourth-order valence-electron chi connectivity index (χ4n) is 2.62. The molecule has 3 rings (SSSR count). The third kappa shape index (κ3) is 3.36. The first kappa shape index (κ1) is 19.4. The molecule has 2 aromatic rings. The van der Waals surface area contributed by atoms with Gasteiger partial charge in [-0.15, -0.1) is 0 Å². The quantitative estimate of drug-likeness (QED) is 0.600. The maximum atomic E-state index is 9.99. The summed E-state index contributed by atoms with van der Waals surface area (Å²) in [6.07, 6.45) is 2.20. The molecule has 4 heteroatoms. The van der Waals surface area contributed by atoms with E-state index in [1.807, 2.05) is 18.2 Å². The summed E-state index contributed by atoms with van der Waals surface area (Å²) in [5.41, 5.74) is 4.82. The Balaban J connectivity index is 0.00000120. The molecule has 20 heavy (non-hydrogen) atoms. The van der Waals surface area contributed by atoms with Gasteiger partial charge in [0.2, 0.25) is 0 Å². The molecule has 0 bridgehead atoms. The van der Waals surface area contributed by atoms with Crippen LogP contribution in [0.15, 0.2) is 54.1 Å². The molecule has 0 spiro atoms. The molecule has 0 heterocycles. The van der Waals surface area contributed by atoms with Crippen LogP contribution in [0.25, 0.3) is 6.08 Å². The second-order valence-corrected chi connectivity index (χ2v) is 4.51. The van der Waals surface area contributed by atoms with Crippen LogP contribution in [-0.4, -0.2) is 5.11 Å².